The maximum atomic E-state index is 11.7. The fourth-order valence-electron chi connectivity index (χ4n) is 0.821. The summed E-state index contributed by atoms with van der Waals surface area (Å²) in [6.45, 7) is -0.269. The number of H-pyrrole nitrogens is 1. The Morgan fingerprint density at radius 2 is 2.21 bits per heavy atom. The molecule has 0 fully saturated rings. The molecule has 0 spiro atoms. The molecular formula is C7H8F3N3O. The second-order valence-electron chi connectivity index (χ2n) is 2.63. The van der Waals surface area contributed by atoms with Gasteiger partial charge in [0.05, 0.1) is 18.3 Å². The van der Waals surface area contributed by atoms with E-state index in [-0.39, 0.29) is 12.2 Å². The van der Waals surface area contributed by atoms with E-state index in [1.54, 1.807) is 0 Å². The van der Waals surface area contributed by atoms with E-state index in [0.717, 1.165) is 6.07 Å². The number of hydrogen-bond donors (Lipinski definition) is 2. The normalized spacial score (nSPS) is 11.4. The summed E-state index contributed by atoms with van der Waals surface area (Å²) in [5.74, 6) is 0. The molecule has 0 amide bonds. The van der Waals surface area contributed by atoms with Gasteiger partial charge < -0.3 is 5.32 Å². The van der Waals surface area contributed by atoms with Crippen LogP contribution in [0.25, 0.3) is 0 Å². The van der Waals surface area contributed by atoms with Crippen molar-refractivity contribution in [2.75, 3.05) is 11.9 Å². The van der Waals surface area contributed by atoms with Gasteiger partial charge in [-0.25, -0.2) is 5.10 Å². The molecule has 0 radical (unpaired) electrons. The van der Waals surface area contributed by atoms with Gasteiger partial charge in [0.1, 0.15) is 0 Å². The van der Waals surface area contributed by atoms with Crippen LogP contribution in [0.4, 0.5) is 18.9 Å². The molecule has 1 heterocycles. The van der Waals surface area contributed by atoms with Crippen LogP contribution in [0.1, 0.15) is 6.42 Å². The molecule has 14 heavy (non-hydrogen) atoms. The third-order valence-electron chi connectivity index (χ3n) is 1.40. The molecule has 1 aromatic heterocycles. The molecule has 0 unspecified atom stereocenters. The average molecular weight is 207 g/mol. The molecular weight excluding hydrogens is 199 g/mol. The van der Waals surface area contributed by atoms with Gasteiger partial charge in [-0.3, -0.25) is 4.79 Å². The van der Waals surface area contributed by atoms with Gasteiger partial charge in [-0.1, -0.05) is 0 Å². The number of hydrogen-bond acceptors (Lipinski definition) is 3. The number of aromatic nitrogens is 2. The van der Waals surface area contributed by atoms with Gasteiger partial charge in [-0.05, 0) is 0 Å². The van der Waals surface area contributed by atoms with Gasteiger partial charge in [0.25, 0.3) is 5.56 Å². The van der Waals surface area contributed by atoms with E-state index in [0.29, 0.717) is 0 Å². The fourth-order valence-corrected chi connectivity index (χ4v) is 0.821. The van der Waals surface area contributed by atoms with Crippen LogP contribution in [0.3, 0.4) is 0 Å². The van der Waals surface area contributed by atoms with Crippen molar-refractivity contribution < 1.29 is 13.2 Å². The van der Waals surface area contributed by atoms with Crippen LogP contribution < -0.4 is 10.9 Å². The van der Waals surface area contributed by atoms with Gasteiger partial charge in [-0.15, -0.1) is 0 Å². The quantitative estimate of drug-likeness (QED) is 0.781. The van der Waals surface area contributed by atoms with E-state index in [4.69, 9.17) is 0 Å². The summed E-state index contributed by atoms with van der Waals surface area (Å²) < 4.78 is 35.1. The van der Waals surface area contributed by atoms with Gasteiger partial charge in [0.15, 0.2) is 0 Å². The van der Waals surface area contributed by atoms with Gasteiger partial charge in [-0.2, -0.15) is 18.3 Å². The molecule has 0 aliphatic rings. The summed E-state index contributed by atoms with van der Waals surface area (Å²) in [7, 11) is 0. The van der Waals surface area contributed by atoms with Crippen molar-refractivity contribution in [1.29, 1.82) is 0 Å². The van der Waals surface area contributed by atoms with E-state index < -0.39 is 18.2 Å². The lowest BCUT2D eigenvalue weighted by Gasteiger charge is -2.07. The Balaban J connectivity index is 2.43. The zero-order chi connectivity index (χ0) is 10.6. The highest BCUT2D eigenvalue weighted by Crippen LogP contribution is 2.18. The second-order valence-corrected chi connectivity index (χ2v) is 2.63. The predicted octanol–water partition coefficient (Wildman–Crippen LogP) is 1.13. The minimum Gasteiger partial charge on any atom is -0.383 e. The molecule has 0 atom stereocenters. The van der Waals surface area contributed by atoms with Crippen LogP contribution in [0.15, 0.2) is 17.1 Å². The number of nitrogens with one attached hydrogen (secondary N) is 2. The van der Waals surface area contributed by atoms with Crippen molar-refractivity contribution in [1.82, 2.24) is 10.2 Å². The van der Waals surface area contributed by atoms with Crippen LogP contribution >= 0.6 is 0 Å². The van der Waals surface area contributed by atoms with Crippen LogP contribution in [-0.4, -0.2) is 22.9 Å². The lowest BCUT2D eigenvalue weighted by molar-refractivity contribution is -0.131. The molecule has 7 heteroatoms. The third kappa shape index (κ3) is 3.92. The lowest BCUT2D eigenvalue weighted by atomic mass is 10.4. The highest BCUT2D eigenvalue weighted by Gasteiger charge is 2.26. The minimum absolute atomic E-state index is 0.269. The Bertz CT molecular complexity index is 347. The number of rotatable bonds is 3. The van der Waals surface area contributed by atoms with Gasteiger partial charge in [0, 0.05) is 12.6 Å². The summed E-state index contributed by atoms with van der Waals surface area (Å²) >= 11 is 0. The first kappa shape index (κ1) is 10.6. The zero-order valence-electron chi connectivity index (χ0n) is 7.06. The Kier molecular flexibility index (Phi) is 3.10. The van der Waals surface area contributed by atoms with Crippen molar-refractivity contribution in [3.05, 3.63) is 22.6 Å². The highest BCUT2D eigenvalue weighted by molar-refractivity contribution is 5.38. The molecule has 78 valence electrons. The topological polar surface area (TPSA) is 57.8 Å². The van der Waals surface area contributed by atoms with Crippen LogP contribution in [0, 0.1) is 0 Å². The molecule has 0 aliphatic heterocycles. The first-order valence-corrected chi connectivity index (χ1v) is 3.83. The van der Waals surface area contributed by atoms with E-state index in [1.165, 1.54) is 6.20 Å². The number of halogens is 3. The van der Waals surface area contributed by atoms with Crippen molar-refractivity contribution in [2.45, 2.75) is 12.6 Å². The Morgan fingerprint density at radius 1 is 1.50 bits per heavy atom. The van der Waals surface area contributed by atoms with Gasteiger partial charge in [0.2, 0.25) is 0 Å². The number of anilines is 1. The van der Waals surface area contributed by atoms with Crippen LogP contribution in [0.5, 0.6) is 0 Å². The van der Waals surface area contributed by atoms with E-state index >= 15 is 0 Å². The maximum Gasteiger partial charge on any atom is 0.390 e. The summed E-state index contributed by atoms with van der Waals surface area (Å²) in [6, 6.07) is 1.14. The fraction of sp³-hybridized carbons (Fsp3) is 0.429. The molecule has 2 N–H and O–H groups in total. The van der Waals surface area contributed by atoms with Crippen LogP contribution in [0.2, 0.25) is 0 Å². The summed E-state index contributed by atoms with van der Waals surface area (Å²) in [5.41, 5.74) is -0.181. The van der Waals surface area contributed by atoms with Crippen molar-refractivity contribution in [3.63, 3.8) is 0 Å². The summed E-state index contributed by atoms with van der Waals surface area (Å²) in [4.78, 5) is 10.7. The first-order valence-electron chi connectivity index (χ1n) is 3.83. The van der Waals surface area contributed by atoms with Crippen molar-refractivity contribution >= 4 is 5.69 Å². The number of aromatic amines is 1. The number of nitrogens with zero attached hydrogens (tertiary/aromatic N) is 1. The second kappa shape index (κ2) is 4.12. The molecule has 0 aliphatic carbocycles. The van der Waals surface area contributed by atoms with E-state index in [9.17, 15) is 18.0 Å². The van der Waals surface area contributed by atoms with E-state index in [2.05, 4.69) is 15.5 Å². The molecule has 4 nitrogen and oxygen atoms in total. The standard InChI is InChI=1S/C7H8F3N3O/c8-7(9,10)1-2-11-5-3-6(14)13-12-4-5/h3-4H,1-2H2,(H2,11,13,14). The molecule has 1 rings (SSSR count). The largest absolute Gasteiger partial charge is 0.390 e. The maximum absolute atomic E-state index is 11.7. The summed E-state index contributed by atoms with van der Waals surface area (Å²) in [6.07, 6.45) is -3.89. The molecule has 0 aromatic carbocycles. The predicted molar refractivity (Wildman–Crippen MR) is 44.0 cm³/mol. The van der Waals surface area contributed by atoms with E-state index in [1.807, 2.05) is 0 Å². The lowest BCUT2D eigenvalue weighted by Crippen LogP contribution is -2.16. The smallest absolute Gasteiger partial charge is 0.383 e. The van der Waals surface area contributed by atoms with Crippen molar-refractivity contribution in [3.8, 4) is 0 Å². The Morgan fingerprint density at radius 3 is 2.79 bits per heavy atom. The Labute approximate surface area is 77.1 Å². The van der Waals surface area contributed by atoms with Crippen molar-refractivity contribution in [2.24, 2.45) is 0 Å². The summed E-state index contributed by atoms with van der Waals surface area (Å²) in [5, 5.41) is 7.97. The first-order chi connectivity index (χ1) is 6.47. The van der Waals surface area contributed by atoms with Crippen LogP contribution in [-0.2, 0) is 0 Å². The molecule has 1 aromatic rings. The molecule has 0 bridgehead atoms. The third-order valence-corrected chi connectivity index (χ3v) is 1.40. The minimum atomic E-state index is -4.19. The highest BCUT2D eigenvalue weighted by atomic mass is 19.4. The SMILES string of the molecule is O=c1cc(NCCC(F)(F)F)cn[nH]1. The Hall–Kier alpha value is -1.53. The average Bonchev–Trinajstić information content (AvgIpc) is 2.01. The molecule has 0 saturated carbocycles. The zero-order valence-corrected chi connectivity index (χ0v) is 7.06. The monoisotopic (exact) mass is 207 g/mol. The van der Waals surface area contributed by atoms with Gasteiger partial charge >= 0.3 is 6.18 Å². The number of alkyl halides is 3. The molecule has 0 saturated heterocycles.